The van der Waals surface area contributed by atoms with Gasteiger partial charge in [0.05, 0.1) is 24.7 Å². The van der Waals surface area contributed by atoms with Crippen LogP contribution in [-0.2, 0) is 14.8 Å². The fourth-order valence-electron chi connectivity index (χ4n) is 2.87. The fraction of sp³-hybridized carbons (Fsp3) is 0.316. The lowest BCUT2D eigenvalue weighted by atomic mass is 10.1. The van der Waals surface area contributed by atoms with Crippen LogP contribution in [0.4, 0.5) is 11.4 Å². The lowest BCUT2D eigenvalue weighted by Crippen LogP contribution is -2.45. The van der Waals surface area contributed by atoms with E-state index in [0.29, 0.717) is 17.1 Å². The van der Waals surface area contributed by atoms with Crippen LogP contribution in [0.1, 0.15) is 18.1 Å². The van der Waals surface area contributed by atoms with E-state index >= 15 is 0 Å². The highest BCUT2D eigenvalue weighted by molar-refractivity contribution is 7.92. The number of rotatable bonds is 6. The Hall–Kier alpha value is -2.54. The molecule has 2 rings (SSSR count). The third-order valence-corrected chi connectivity index (χ3v) is 5.16. The van der Waals surface area contributed by atoms with Crippen molar-refractivity contribution in [3.05, 3.63) is 53.6 Å². The minimum absolute atomic E-state index is 0.445. The number of ether oxygens (including phenoxy) is 1. The molecule has 0 saturated carbocycles. The fourth-order valence-corrected chi connectivity index (χ4v) is 4.03. The normalized spacial score (nSPS) is 12.3. The minimum atomic E-state index is -3.66. The second-order valence-corrected chi connectivity index (χ2v) is 8.13. The molecular formula is C19H24N2O4S. The van der Waals surface area contributed by atoms with Crippen LogP contribution in [0.5, 0.6) is 5.75 Å². The molecule has 6 nitrogen and oxygen atoms in total. The van der Waals surface area contributed by atoms with Crippen LogP contribution in [0.15, 0.2) is 42.5 Å². The molecule has 2 aromatic rings. The molecule has 0 aromatic heterocycles. The molecule has 0 aliphatic carbocycles. The van der Waals surface area contributed by atoms with Crippen molar-refractivity contribution in [2.75, 3.05) is 23.0 Å². The summed E-state index contributed by atoms with van der Waals surface area (Å²) >= 11 is 0. The molecule has 7 heteroatoms. The lowest BCUT2D eigenvalue weighted by molar-refractivity contribution is -0.116. The number of methoxy groups -OCH3 is 1. The monoisotopic (exact) mass is 376 g/mol. The van der Waals surface area contributed by atoms with E-state index in [2.05, 4.69) is 5.32 Å². The number of aryl methyl sites for hydroxylation is 2. The second-order valence-electron chi connectivity index (χ2n) is 6.27. The highest BCUT2D eigenvalue weighted by Crippen LogP contribution is 2.26. The Morgan fingerprint density at radius 3 is 2.23 bits per heavy atom. The zero-order valence-electron chi connectivity index (χ0n) is 15.6. The van der Waals surface area contributed by atoms with Gasteiger partial charge < -0.3 is 10.1 Å². The van der Waals surface area contributed by atoms with Gasteiger partial charge in [0.25, 0.3) is 0 Å². The summed E-state index contributed by atoms with van der Waals surface area (Å²) in [4.78, 5) is 12.7. The number of nitrogens with zero attached hydrogens (tertiary/aromatic N) is 1. The molecule has 1 atom stereocenters. The van der Waals surface area contributed by atoms with Gasteiger partial charge in [0.15, 0.2) is 0 Å². The standard InChI is InChI=1S/C19H24N2O4S/c1-13-10-14(2)12-16(11-13)21(26(5,23)24)15(3)19(22)20-17-8-6-7-9-18(17)25-4/h6-12,15H,1-5H3,(H,20,22). The first-order valence-corrected chi connectivity index (χ1v) is 10.00. The number of amides is 1. The first-order chi connectivity index (χ1) is 12.1. The van der Waals surface area contributed by atoms with E-state index in [4.69, 9.17) is 4.74 Å². The van der Waals surface area contributed by atoms with Crippen molar-refractivity contribution in [1.82, 2.24) is 0 Å². The lowest BCUT2D eigenvalue weighted by Gasteiger charge is -2.29. The summed E-state index contributed by atoms with van der Waals surface area (Å²) < 4.78 is 31.2. The number of benzene rings is 2. The zero-order chi connectivity index (χ0) is 19.5. The second kappa shape index (κ2) is 7.78. The Morgan fingerprint density at radius 2 is 1.69 bits per heavy atom. The van der Waals surface area contributed by atoms with E-state index in [9.17, 15) is 13.2 Å². The third-order valence-electron chi connectivity index (χ3n) is 3.91. The number of anilines is 2. The Bertz CT molecular complexity index is 889. The highest BCUT2D eigenvalue weighted by atomic mass is 32.2. The average Bonchev–Trinajstić information content (AvgIpc) is 2.53. The van der Waals surface area contributed by atoms with E-state index in [1.165, 1.54) is 7.11 Å². The van der Waals surface area contributed by atoms with Crippen LogP contribution in [0, 0.1) is 13.8 Å². The molecular weight excluding hydrogens is 352 g/mol. The number of nitrogens with one attached hydrogen (secondary N) is 1. The smallest absolute Gasteiger partial charge is 0.248 e. The maximum atomic E-state index is 12.7. The summed E-state index contributed by atoms with van der Waals surface area (Å²) in [5.41, 5.74) is 2.80. The van der Waals surface area contributed by atoms with Gasteiger partial charge in [-0.25, -0.2) is 8.42 Å². The summed E-state index contributed by atoms with van der Waals surface area (Å²) in [6.45, 7) is 5.33. The minimum Gasteiger partial charge on any atom is -0.495 e. The van der Waals surface area contributed by atoms with Gasteiger partial charge in [-0.3, -0.25) is 9.10 Å². The molecule has 2 aromatic carbocycles. The van der Waals surface area contributed by atoms with Gasteiger partial charge in [0.1, 0.15) is 11.8 Å². The molecule has 0 radical (unpaired) electrons. The van der Waals surface area contributed by atoms with E-state index in [1.807, 2.05) is 19.9 Å². The largest absolute Gasteiger partial charge is 0.495 e. The first-order valence-electron chi connectivity index (χ1n) is 8.15. The number of sulfonamides is 1. The number of hydrogen-bond acceptors (Lipinski definition) is 4. The molecule has 140 valence electrons. The average molecular weight is 376 g/mol. The number of carbonyl (C=O) groups excluding carboxylic acids is 1. The third kappa shape index (κ3) is 4.54. The van der Waals surface area contributed by atoms with E-state index < -0.39 is 22.0 Å². The Morgan fingerprint density at radius 1 is 1.12 bits per heavy atom. The molecule has 0 saturated heterocycles. The van der Waals surface area contributed by atoms with Crippen molar-refractivity contribution in [2.24, 2.45) is 0 Å². The molecule has 0 spiro atoms. The summed E-state index contributed by atoms with van der Waals surface area (Å²) in [6, 6.07) is 11.5. The molecule has 0 aliphatic heterocycles. The Balaban J connectivity index is 2.38. The molecule has 1 unspecified atom stereocenters. The molecule has 0 bridgehead atoms. The van der Waals surface area contributed by atoms with Crippen molar-refractivity contribution < 1.29 is 17.9 Å². The van der Waals surface area contributed by atoms with E-state index in [1.54, 1.807) is 43.3 Å². The predicted molar refractivity (Wildman–Crippen MR) is 104 cm³/mol. The highest BCUT2D eigenvalue weighted by Gasteiger charge is 2.29. The number of hydrogen-bond donors (Lipinski definition) is 1. The summed E-state index contributed by atoms with van der Waals surface area (Å²) in [7, 11) is -2.16. The predicted octanol–water partition coefficient (Wildman–Crippen LogP) is 3.11. The van der Waals surface area contributed by atoms with Crippen LogP contribution in [0.25, 0.3) is 0 Å². The Kier molecular flexibility index (Phi) is 5.92. The van der Waals surface area contributed by atoms with E-state index in [0.717, 1.165) is 21.7 Å². The topological polar surface area (TPSA) is 75.7 Å². The van der Waals surface area contributed by atoms with Crippen molar-refractivity contribution in [3.63, 3.8) is 0 Å². The van der Waals surface area contributed by atoms with Crippen molar-refractivity contribution in [3.8, 4) is 5.75 Å². The maximum Gasteiger partial charge on any atom is 0.248 e. The van der Waals surface area contributed by atoms with Gasteiger partial charge in [0.2, 0.25) is 15.9 Å². The first kappa shape index (κ1) is 19.8. The molecule has 0 aliphatic rings. The van der Waals surface area contributed by atoms with Gasteiger partial charge in [-0.2, -0.15) is 0 Å². The van der Waals surface area contributed by atoms with Crippen molar-refractivity contribution >= 4 is 27.3 Å². The molecule has 0 heterocycles. The van der Waals surface area contributed by atoms with Gasteiger partial charge in [-0.05, 0) is 56.2 Å². The summed E-state index contributed by atoms with van der Waals surface area (Å²) in [5.74, 6) is 0.0597. The number of carbonyl (C=O) groups is 1. The molecule has 0 fully saturated rings. The van der Waals surface area contributed by atoms with Crippen LogP contribution in [-0.4, -0.2) is 33.7 Å². The van der Waals surface area contributed by atoms with Gasteiger partial charge in [0, 0.05) is 0 Å². The van der Waals surface area contributed by atoms with Gasteiger partial charge >= 0.3 is 0 Å². The van der Waals surface area contributed by atoms with Gasteiger partial charge in [-0.1, -0.05) is 18.2 Å². The maximum absolute atomic E-state index is 12.7. The summed E-state index contributed by atoms with van der Waals surface area (Å²) in [6.07, 6.45) is 1.09. The molecule has 1 amide bonds. The molecule has 1 N–H and O–H groups in total. The van der Waals surface area contributed by atoms with Crippen LogP contribution in [0.2, 0.25) is 0 Å². The summed E-state index contributed by atoms with van der Waals surface area (Å²) in [5, 5.41) is 2.74. The van der Waals surface area contributed by atoms with Crippen LogP contribution in [0.3, 0.4) is 0 Å². The van der Waals surface area contributed by atoms with Gasteiger partial charge in [-0.15, -0.1) is 0 Å². The SMILES string of the molecule is COc1ccccc1NC(=O)C(C)N(c1cc(C)cc(C)c1)S(C)(=O)=O. The zero-order valence-corrected chi connectivity index (χ0v) is 16.4. The van der Waals surface area contributed by atoms with Crippen molar-refractivity contribution in [1.29, 1.82) is 0 Å². The van der Waals surface area contributed by atoms with Crippen LogP contribution < -0.4 is 14.4 Å². The van der Waals surface area contributed by atoms with Crippen molar-refractivity contribution in [2.45, 2.75) is 26.8 Å². The van der Waals surface area contributed by atoms with Crippen LogP contribution >= 0.6 is 0 Å². The number of para-hydroxylation sites is 2. The quantitative estimate of drug-likeness (QED) is 0.840. The Labute approximate surface area is 154 Å². The van der Waals surface area contributed by atoms with E-state index in [-0.39, 0.29) is 0 Å². The molecule has 26 heavy (non-hydrogen) atoms.